The number of unbranched alkanes of at least 4 members (excludes halogenated alkanes) is 1. The van der Waals surface area contributed by atoms with Crippen LogP contribution in [-0.4, -0.2) is 71.8 Å². The first-order valence-electron chi connectivity index (χ1n) is 14.0. The summed E-state index contributed by atoms with van der Waals surface area (Å²) >= 11 is 0. The van der Waals surface area contributed by atoms with E-state index in [0.29, 0.717) is 38.4 Å². The minimum Gasteiger partial charge on any atom is -0.491 e. The molecule has 0 N–H and O–H groups in total. The summed E-state index contributed by atoms with van der Waals surface area (Å²) in [5.41, 5.74) is 1.57. The Labute approximate surface area is 229 Å². The SMILES string of the molecule is CCCCN1CCOc2ccccc2CCCCC2(CN(C(=O)c3cc(-c4ccccc4)no3)CCO2)C1=O. The number of carbonyl (C=O) groups is 2. The lowest BCUT2D eigenvalue weighted by Crippen LogP contribution is -2.62. The van der Waals surface area contributed by atoms with E-state index in [4.69, 9.17) is 14.0 Å². The summed E-state index contributed by atoms with van der Waals surface area (Å²) in [6, 6.07) is 19.4. The molecular formula is C31H37N3O5. The van der Waals surface area contributed by atoms with Crippen molar-refractivity contribution in [3.8, 4) is 17.0 Å². The van der Waals surface area contributed by atoms with Crippen LogP contribution < -0.4 is 4.74 Å². The number of carbonyl (C=O) groups excluding carboxylic acids is 2. The van der Waals surface area contributed by atoms with Crippen LogP contribution in [0, 0.1) is 0 Å². The molecule has 1 fully saturated rings. The smallest absolute Gasteiger partial charge is 0.292 e. The highest BCUT2D eigenvalue weighted by molar-refractivity contribution is 5.94. The van der Waals surface area contributed by atoms with Crippen molar-refractivity contribution in [2.75, 3.05) is 39.4 Å². The fourth-order valence-electron chi connectivity index (χ4n) is 5.42. The van der Waals surface area contributed by atoms with Crippen molar-refractivity contribution in [1.82, 2.24) is 15.0 Å². The largest absolute Gasteiger partial charge is 0.491 e. The summed E-state index contributed by atoms with van der Waals surface area (Å²) in [4.78, 5) is 31.2. The first-order chi connectivity index (χ1) is 19.1. The standard InChI is InChI=1S/C31H37N3O5/c1-2-3-17-33-18-20-37-27-15-8-7-13-25(27)14-9-10-16-31(30(33)36)23-34(19-21-38-31)29(35)28-22-26(32-39-28)24-11-5-4-6-12-24/h4-8,11-13,15,22H,2-3,9-10,14,16-21,23H2,1H3. The monoisotopic (exact) mass is 531 g/mol. The Hall–Kier alpha value is -3.65. The lowest BCUT2D eigenvalue weighted by molar-refractivity contribution is -0.170. The molecule has 8 heteroatoms. The van der Waals surface area contributed by atoms with E-state index in [9.17, 15) is 9.59 Å². The molecule has 2 aliphatic heterocycles. The van der Waals surface area contributed by atoms with E-state index in [2.05, 4.69) is 18.1 Å². The third-order valence-corrected chi connectivity index (χ3v) is 7.59. The van der Waals surface area contributed by atoms with Gasteiger partial charge in [-0.2, -0.15) is 0 Å². The number of nitrogens with zero attached hydrogens (tertiary/aromatic N) is 3. The Balaban J connectivity index is 1.37. The molecule has 2 aromatic carbocycles. The third kappa shape index (κ3) is 6.17. The van der Waals surface area contributed by atoms with Gasteiger partial charge < -0.3 is 23.8 Å². The molecule has 2 aliphatic rings. The van der Waals surface area contributed by atoms with Crippen molar-refractivity contribution in [2.24, 2.45) is 0 Å². The van der Waals surface area contributed by atoms with Crippen LogP contribution >= 0.6 is 0 Å². The number of aryl methyl sites for hydroxylation is 1. The molecule has 0 bridgehead atoms. The second kappa shape index (κ2) is 12.5. The number of para-hydroxylation sites is 1. The van der Waals surface area contributed by atoms with Crippen LogP contribution in [0.15, 0.2) is 65.2 Å². The van der Waals surface area contributed by atoms with Crippen molar-refractivity contribution in [3.63, 3.8) is 0 Å². The molecule has 1 spiro atoms. The van der Waals surface area contributed by atoms with E-state index in [1.807, 2.05) is 53.4 Å². The van der Waals surface area contributed by atoms with Gasteiger partial charge in [0.2, 0.25) is 5.76 Å². The van der Waals surface area contributed by atoms with Crippen molar-refractivity contribution in [2.45, 2.75) is 51.0 Å². The van der Waals surface area contributed by atoms with Gasteiger partial charge in [-0.3, -0.25) is 9.59 Å². The number of hydrogen-bond acceptors (Lipinski definition) is 6. The zero-order valence-corrected chi connectivity index (χ0v) is 22.6. The quantitative estimate of drug-likeness (QED) is 0.461. The first-order valence-corrected chi connectivity index (χ1v) is 14.0. The van der Waals surface area contributed by atoms with Crippen LogP contribution in [-0.2, 0) is 16.0 Å². The van der Waals surface area contributed by atoms with E-state index >= 15 is 0 Å². The fraction of sp³-hybridized carbons (Fsp3) is 0.452. The molecule has 0 radical (unpaired) electrons. The number of morpholine rings is 1. The first kappa shape index (κ1) is 26.9. The number of rotatable bonds is 5. The van der Waals surface area contributed by atoms with Gasteiger partial charge in [-0.25, -0.2) is 0 Å². The van der Waals surface area contributed by atoms with Crippen LogP contribution in [0.4, 0.5) is 0 Å². The van der Waals surface area contributed by atoms with Gasteiger partial charge in [0.15, 0.2) is 5.60 Å². The van der Waals surface area contributed by atoms with E-state index in [0.717, 1.165) is 43.4 Å². The van der Waals surface area contributed by atoms with E-state index < -0.39 is 5.60 Å². The van der Waals surface area contributed by atoms with Crippen molar-refractivity contribution < 1.29 is 23.6 Å². The predicted molar refractivity (Wildman–Crippen MR) is 148 cm³/mol. The molecule has 3 aromatic rings. The van der Waals surface area contributed by atoms with Gasteiger partial charge in [0, 0.05) is 24.7 Å². The van der Waals surface area contributed by atoms with Gasteiger partial charge in [0.05, 0.1) is 19.7 Å². The summed E-state index contributed by atoms with van der Waals surface area (Å²) in [5.74, 6) is 0.722. The number of aromatic nitrogens is 1. The van der Waals surface area contributed by atoms with E-state index in [1.54, 1.807) is 11.0 Å². The highest BCUT2D eigenvalue weighted by Crippen LogP contribution is 2.31. The van der Waals surface area contributed by atoms with Crippen molar-refractivity contribution in [3.05, 3.63) is 72.0 Å². The molecule has 2 amide bonds. The second-order valence-corrected chi connectivity index (χ2v) is 10.3. The molecule has 0 aliphatic carbocycles. The van der Waals surface area contributed by atoms with Crippen molar-refractivity contribution >= 4 is 11.8 Å². The summed E-state index contributed by atoms with van der Waals surface area (Å²) in [5, 5.41) is 4.11. The van der Waals surface area contributed by atoms with Crippen LogP contribution in [0.1, 0.15) is 55.1 Å². The van der Waals surface area contributed by atoms with Crippen LogP contribution in [0.3, 0.4) is 0 Å². The average molecular weight is 532 g/mol. The molecule has 39 heavy (non-hydrogen) atoms. The van der Waals surface area contributed by atoms with Crippen LogP contribution in [0.25, 0.3) is 11.3 Å². The Morgan fingerprint density at radius 3 is 2.69 bits per heavy atom. The van der Waals surface area contributed by atoms with Gasteiger partial charge >= 0.3 is 0 Å². The molecule has 1 atom stereocenters. The Morgan fingerprint density at radius 2 is 1.85 bits per heavy atom. The van der Waals surface area contributed by atoms with Gasteiger partial charge in [-0.1, -0.05) is 67.0 Å². The highest BCUT2D eigenvalue weighted by atomic mass is 16.5. The maximum absolute atomic E-state index is 14.2. The maximum atomic E-state index is 14.2. The molecule has 206 valence electrons. The van der Waals surface area contributed by atoms with E-state index in [1.165, 1.54) is 5.56 Å². The molecule has 1 unspecified atom stereocenters. The summed E-state index contributed by atoms with van der Waals surface area (Å²) in [7, 11) is 0. The second-order valence-electron chi connectivity index (χ2n) is 10.3. The van der Waals surface area contributed by atoms with E-state index in [-0.39, 0.29) is 30.7 Å². The molecule has 0 saturated carbocycles. The lowest BCUT2D eigenvalue weighted by atomic mass is 9.90. The zero-order valence-electron chi connectivity index (χ0n) is 22.6. The topological polar surface area (TPSA) is 85.1 Å². The Bertz CT molecular complexity index is 1260. The molecule has 5 rings (SSSR count). The minimum absolute atomic E-state index is 0.0616. The van der Waals surface area contributed by atoms with Crippen LogP contribution in [0.5, 0.6) is 5.75 Å². The average Bonchev–Trinajstić information content (AvgIpc) is 3.47. The number of benzene rings is 2. The summed E-state index contributed by atoms with van der Waals surface area (Å²) < 4.78 is 17.9. The summed E-state index contributed by atoms with van der Waals surface area (Å²) in [6.45, 7) is 4.48. The zero-order chi connectivity index (χ0) is 27.1. The third-order valence-electron chi connectivity index (χ3n) is 7.59. The molecule has 1 aromatic heterocycles. The van der Waals surface area contributed by atoms with Gasteiger partial charge in [0.1, 0.15) is 18.1 Å². The number of hydrogen-bond donors (Lipinski definition) is 0. The van der Waals surface area contributed by atoms with Crippen molar-refractivity contribution in [1.29, 1.82) is 0 Å². The number of amides is 2. The van der Waals surface area contributed by atoms with Gasteiger partial charge in [0.25, 0.3) is 11.8 Å². The highest BCUT2D eigenvalue weighted by Gasteiger charge is 2.47. The summed E-state index contributed by atoms with van der Waals surface area (Å²) in [6.07, 6.45) is 4.97. The molecule has 8 nitrogen and oxygen atoms in total. The maximum Gasteiger partial charge on any atom is 0.292 e. The fourth-order valence-corrected chi connectivity index (χ4v) is 5.42. The Kier molecular flexibility index (Phi) is 8.61. The van der Waals surface area contributed by atoms with Gasteiger partial charge in [-0.15, -0.1) is 0 Å². The predicted octanol–water partition coefficient (Wildman–Crippen LogP) is 4.99. The molecular weight excluding hydrogens is 494 g/mol. The molecule has 1 saturated heterocycles. The number of ether oxygens (including phenoxy) is 2. The number of fused-ring (bicyclic) bond motifs is 1. The molecule has 3 heterocycles. The van der Waals surface area contributed by atoms with Crippen LogP contribution in [0.2, 0.25) is 0 Å². The lowest BCUT2D eigenvalue weighted by Gasteiger charge is -2.44. The Morgan fingerprint density at radius 1 is 1.03 bits per heavy atom. The normalized spacial score (nSPS) is 20.6. The minimum atomic E-state index is -1.09. The van der Waals surface area contributed by atoms with Gasteiger partial charge in [-0.05, 0) is 43.7 Å².